The molecule has 0 aromatic heterocycles. The number of amides is 1. The number of benzene rings is 1. The molecule has 3 rings (SSSR count). The fourth-order valence-corrected chi connectivity index (χ4v) is 4.71. The van der Waals surface area contributed by atoms with Gasteiger partial charge in [-0.3, -0.25) is 4.90 Å². The van der Waals surface area contributed by atoms with Crippen LogP contribution in [0.3, 0.4) is 0 Å². The van der Waals surface area contributed by atoms with Crippen LogP contribution in [-0.2, 0) is 16.1 Å². The first-order chi connectivity index (χ1) is 16.2. The largest absolute Gasteiger partial charge is 0.482 e. The second-order valence-electron chi connectivity index (χ2n) is 8.52. The molecular formula is C21H23ClF6N2O5. The van der Waals surface area contributed by atoms with Gasteiger partial charge in [0.1, 0.15) is 5.75 Å². The van der Waals surface area contributed by atoms with E-state index in [9.17, 15) is 35.9 Å². The van der Waals surface area contributed by atoms with Gasteiger partial charge in [-0.25, -0.2) is 9.59 Å². The van der Waals surface area contributed by atoms with Crippen LogP contribution in [0.25, 0.3) is 0 Å². The first kappa shape index (κ1) is 27.2. The molecule has 1 aromatic carbocycles. The number of halogens is 7. The minimum Gasteiger partial charge on any atom is -0.482 e. The third-order valence-corrected chi connectivity index (χ3v) is 6.48. The van der Waals surface area contributed by atoms with E-state index in [0.29, 0.717) is 42.3 Å². The topological polar surface area (TPSA) is 79.3 Å². The normalized spacial score (nSPS) is 18.8. The number of carboxylic acids is 1. The molecule has 14 heteroatoms. The van der Waals surface area contributed by atoms with Gasteiger partial charge in [0.2, 0.25) is 0 Å². The number of carbonyl (C=O) groups is 2. The summed E-state index contributed by atoms with van der Waals surface area (Å²) in [5, 5.41) is 9.25. The maximum atomic E-state index is 12.7. The fraction of sp³-hybridized carbons (Fsp3) is 0.619. The molecule has 2 fully saturated rings. The Balaban J connectivity index is 1.66. The minimum absolute atomic E-state index is 0.0687. The van der Waals surface area contributed by atoms with Gasteiger partial charge in [-0.2, -0.15) is 26.3 Å². The van der Waals surface area contributed by atoms with E-state index in [2.05, 4.69) is 9.64 Å². The molecule has 0 atom stereocenters. The van der Waals surface area contributed by atoms with E-state index < -0.39 is 42.7 Å². The molecule has 1 spiro atoms. The summed E-state index contributed by atoms with van der Waals surface area (Å²) < 4.78 is 85.5. The number of piperidine rings is 1. The monoisotopic (exact) mass is 532 g/mol. The zero-order valence-corrected chi connectivity index (χ0v) is 19.0. The number of nitrogens with zero attached hydrogens (tertiary/aromatic N) is 2. The van der Waals surface area contributed by atoms with E-state index in [-0.39, 0.29) is 13.1 Å². The molecule has 7 nitrogen and oxygen atoms in total. The number of rotatable bonds is 6. The molecule has 0 saturated carbocycles. The van der Waals surface area contributed by atoms with Crippen LogP contribution in [0.5, 0.6) is 5.75 Å². The first-order valence-corrected chi connectivity index (χ1v) is 11.1. The van der Waals surface area contributed by atoms with Crippen molar-refractivity contribution in [1.82, 2.24) is 9.80 Å². The van der Waals surface area contributed by atoms with Crippen molar-refractivity contribution in [1.29, 1.82) is 0 Å². The quantitative estimate of drug-likeness (QED) is 0.527. The summed E-state index contributed by atoms with van der Waals surface area (Å²) in [5.41, 5.74) is 0.255. The molecule has 2 aliphatic heterocycles. The van der Waals surface area contributed by atoms with Gasteiger partial charge in [0.05, 0.1) is 0 Å². The maximum absolute atomic E-state index is 12.7. The van der Waals surface area contributed by atoms with E-state index in [1.807, 2.05) is 0 Å². The average Bonchev–Trinajstić information content (AvgIpc) is 3.12. The van der Waals surface area contributed by atoms with Crippen LogP contribution in [0, 0.1) is 0 Å². The number of ether oxygens (including phenoxy) is 2. The second-order valence-corrected chi connectivity index (χ2v) is 8.95. The van der Waals surface area contributed by atoms with Crippen molar-refractivity contribution in [2.75, 3.05) is 26.2 Å². The summed E-state index contributed by atoms with van der Waals surface area (Å²) in [7, 11) is 0. The van der Waals surface area contributed by atoms with Gasteiger partial charge in [0.25, 0.3) is 6.10 Å². The van der Waals surface area contributed by atoms with E-state index in [4.69, 9.17) is 21.4 Å². The Morgan fingerprint density at radius 3 is 2.26 bits per heavy atom. The lowest BCUT2D eigenvalue weighted by molar-refractivity contribution is -0.308. The first-order valence-electron chi connectivity index (χ1n) is 10.7. The molecule has 1 N–H and O–H groups in total. The summed E-state index contributed by atoms with van der Waals surface area (Å²) in [4.78, 5) is 25.9. The lowest BCUT2D eigenvalue weighted by Gasteiger charge is -2.45. The highest BCUT2D eigenvalue weighted by Crippen LogP contribution is 2.41. The molecule has 0 bridgehead atoms. The van der Waals surface area contributed by atoms with E-state index in [1.165, 1.54) is 6.07 Å². The van der Waals surface area contributed by atoms with Gasteiger partial charge in [0, 0.05) is 35.8 Å². The number of hydrogen-bond donors (Lipinski definition) is 1. The molecule has 1 aromatic rings. The molecule has 1 amide bonds. The van der Waals surface area contributed by atoms with Crippen molar-refractivity contribution in [3.8, 4) is 5.75 Å². The van der Waals surface area contributed by atoms with Gasteiger partial charge in [-0.1, -0.05) is 17.7 Å². The Hall–Kier alpha value is -2.41. The SMILES string of the molecule is O=C(O)COc1cc(Cl)ccc1CN1CCCC12CCN(C(=O)OC(C(F)(F)F)C(F)(F)F)CC2. The van der Waals surface area contributed by atoms with Crippen molar-refractivity contribution in [3.05, 3.63) is 28.8 Å². The van der Waals surface area contributed by atoms with Gasteiger partial charge in [-0.05, 0) is 44.4 Å². The molecule has 2 aliphatic rings. The average molecular weight is 533 g/mol. The van der Waals surface area contributed by atoms with Gasteiger partial charge >= 0.3 is 24.4 Å². The molecule has 0 radical (unpaired) electrons. The fourth-order valence-electron chi connectivity index (χ4n) is 4.55. The number of likely N-dealkylation sites (tertiary alicyclic amines) is 2. The number of hydrogen-bond acceptors (Lipinski definition) is 5. The van der Waals surface area contributed by atoms with Crippen LogP contribution < -0.4 is 4.74 Å². The van der Waals surface area contributed by atoms with Crippen molar-refractivity contribution in [3.63, 3.8) is 0 Å². The number of aliphatic carboxylic acids is 1. The highest BCUT2D eigenvalue weighted by Gasteiger charge is 2.60. The highest BCUT2D eigenvalue weighted by molar-refractivity contribution is 6.30. The van der Waals surface area contributed by atoms with Gasteiger partial charge in [-0.15, -0.1) is 0 Å². The van der Waals surface area contributed by atoms with Crippen LogP contribution in [0.2, 0.25) is 5.02 Å². The van der Waals surface area contributed by atoms with Crippen molar-refractivity contribution < 1.29 is 50.5 Å². The van der Waals surface area contributed by atoms with Crippen molar-refractivity contribution in [2.45, 2.75) is 56.2 Å². The Morgan fingerprint density at radius 1 is 1.06 bits per heavy atom. The lowest BCUT2D eigenvalue weighted by atomic mass is 9.85. The predicted molar refractivity (Wildman–Crippen MR) is 110 cm³/mol. The van der Waals surface area contributed by atoms with Gasteiger partial charge < -0.3 is 19.5 Å². The summed E-state index contributed by atoms with van der Waals surface area (Å²) >= 11 is 6.00. The zero-order valence-electron chi connectivity index (χ0n) is 18.3. The summed E-state index contributed by atoms with van der Waals surface area (Å²) in [6.07, 6.45) is -15.2. The summed E-state index contributed by atoms with van der Waals surface area (Å²) in [6, 6.07) is 4.83. The predicted octanol–water partition coefficient (Wildman–Crippen LogP) is 4.86. The third kappa shape index (κ3) is 6.63. The lowest BCUT2D eigenvalue weighted by Crippen LogP contribution is -2.54. The van der Waals surface area contributed by atoms with Crippen LogP contribution >= 0.6 is 11.6 Å². The standard InChI is InChI=1S/C21H23ClF6N2O5/c22-14-3-2-13(15(10-14)34-12-16(31)32)11-30-7-1-4-19(30)5-8-29(9-6-19)18(33)35-17(20(23,24)25)21(26,27)28/h2-3,10,17H,1,4-9,11-12H2,(H,31,32). The molecule has 2 heterocycles. The minimum atomic E-state index is -5.77. The molecule has 0 aliphatic carbocycles. The summed E-state index contributed by atoms with van der Waals surface area (Å²) in [6.45, 7) is 0.324. The van der Waals surface area contributed by atoms with Crippen LogP contribution in [0.4, 0.5) is 31.1 Å². The molecular weight excluding hydrogens is 510 g/mol. The molecule has 0 unspecified atom stereocenters. The molecule has 2 saturated heterocycles. The number of carboxylic acid groups (broad SMARTS) is 1. The van der Waals surface area contributed by atoms with E-state index in [1.54, 1.807) is 12.1 Å². The third-order valence-electron chi connectivity index (χ3n) is 6.25. The highest BCUT2D eigenvalue weighted by atomic mass is 35.5. The van der Waals surface area contributed by atoms with Gasteiger partial charge in [0.15, 0.2) is 6.61 Å². The second kappa shape index (κ2) is 10.3. The molecule has 35 heavy (non-hydrogen) atoms. The smallest absolute Gasteiger partial charge is 0.434 e. The van der Waals surface area contributed by atoms with Crippen LogP contribution in [0.1, 0.15) is 31.2 Å². The van der Waals surface area contributed by atoms with Crippen molar-refractivity contribution in [2.24, 2.45) is 0 Å². The zero-order chi connectivity index (χ0) is 26.0. The number of alkyl halides is 6. The Labute approximate surface area is 201 Å². The van der Waals surface area contributed by atoms with Crippen LogP contribution in [0.15, 0.2) is 18.2 Å². The number of carbonyl (C=O) groups excluding carboxylic acids is 1. The summed E-state index contributed by atoms with van der Waals surface area (Å²) in [5.74, 6) is -0.862. The Morgan fingerprint density at radius 2 is 1.69 bits per heavy atom. The molecule has 196 valence electrons. The van der Waals surface area contributed by atoms with E-state index >= 15 is 0 Å². The van der Waals surface area contributed by atoms with Crippen LogP contribution in [-0.4, -0.2) is 77.2 Å². The Kier molecular flexibility index (Phi) is 7.99. The maximum Gasteiger partial charge on any atom is 0.434 e. The Bertz CT molecular complexity index is 920. The van der Waals surface area contributed by atoms with Crippen molar-refractivity contribution >= 4 is 23.7 Å². The van der Waals surface area contributed by atoms with E-state index in [0.717, 1.165) is 17.7 Å².